The van der Waals surface area contributed by atoms with E-state index >= 15 is 0 Å². The summed E-state index contributed by atoms with van der Waals surface area (Å²) in [5, 5.41) is 4.55. The monoisotopic (exact) mass is 496 g/mol. The van der Waals surface area contributed by atoms with Gasteiger partial charge in [-0.05, 0) is 49.2 Å². The Hall–Kier alpha value is -1.43. The predicted molar refractivity (Wildman–Crippen MR) is 137 cm³/mol. The van der Waals surface area contributed by atoms with E-state index in [0.717, 1.165) is 0 Å². The van der Waals surface area contributed by atoms with E-state index in [1.165, 1.54) is 79.9 Å². The van der Waals surface area contributed by atoms with Crippen molar-refractivity contribution in [3.8, 4) is 0 Å². The van der Waals surface area contributed by atoms with Crippen molar-refractivity contribution in [2.45, 2.75) is 64.7 Å². The van der Waals surface area contributed by atoms with Crippen LogP contribution in [0.2, 0.25) is 0 Å². The molecule has 2 heteroatoms. The first kappa shape index (κ1) is 25.8. The number of unbranched alkanes of at least 4 members (excludes halogenated alkanes) is 8. The van der Waals surface area contributed by atoms with E-state index in [9.17, 15) is 0 Å². The fourth-order valence-corrected chi connectivity index (χ4v) is 8.95. The Kier molecular flexibility index (Phi) is 12.2. The molecule has 0 saturated heterocycles. The largest absolute Gasteiger partial charge is 1.00 e. The molecule has 0 spiro atoms. The van der Waals surface area contributed by atoms with Crippen LogP contribution in [0.15, 0.2) is 91.0 Å². The van der Waals surface area contributed by atoms with Crippen molar-refractivity contribution in [2.75, 3.05) is 6.16 Å². The minimum Gasteiger partial charge on any atom is -1.00 e. The Balaban J connectivity index is 0.00000341. The third kappa shape index (κ3) is 7.30. The predicted octanol–water partition coefficient (Wildman–Crippen LogP) is 4.52. The highest BCUT2D eigenvalue weighted by Gasteiger charge is 2.44. The number of benzene rings is 3. The molecule has 0 bridgehead atoms. The Morgan fingerprint density at radius 3 is 1.13 bits per heavy atom. The van der Waals surface area contributed by atoms with E-state index in [1.807, 2.05) is 0 Å². The minimum absolute atomic E-state index is 0. The van der Waals surface area contributed by atoms with Crippen molar-refractivity contribution in [3.63, 3.8) is 0 Å². The molecule has 0 aliphatic rings. The molecular weight excluding hydrogens is 459 g/mol. The van der Waals surface area contributed by atoms with Crippen LogP contribution in [0.4, 0.5) is 0 Å². The summed E-state index contributed by atoms with van der Waals surface area (Å²) in [6, 6.07) is 33.9. The van der Waals surface area contributed by atoms with E-state index in [0.29, 0.717) is 0 Å². The maximum Gasteiger partial charge on any atom is 0.112 e. The average molecular weight is 498 g/mol. The topological polar surface area (TPSA) is 0 Å². The highest BCUT2D eigenvalue weighted by Crippen LogP contribution is 2.55. The Bertz CT molecular complexity index is 720. The van der Waals surface area contributed by atoms with Crippen molar-refractivity contribution in [1.82, 2.24) is 0 Å². The lowest BCUT2D eigenvalue weighted by Gasteiger charge is -2.27. The van der Waals surface area contributed by atoms with E-state index in [-0.39, 0.29) is 17.0 Å². The van der Waals surface area contributed by atoms with Gasteiger partial charge in [-0.1, -0.05) is 106 Å². The van der Waals surface area contributed by atoms with Gasteiger partial charge in [0.15, 0.2) is 0 Å². The van der Waals surface area contributed by atoms with Gasteiger partial charge in [0.05, 0.1) is 6.16 Å². The fourth-order valence-electron chi connectivity index (χ4n) is 4.54. The summed E-state index contributed by atoms with van der Waals surface area (Å²) in [6.07, 6.45) is 13.7. The quantitative estimate of drug-likeness (QED) is 0.241. The lowest BCUT2D eigenvalue weighted by Crippen LogP contribution is -3.00. The molecule has 3 aromatic rings. The zero-order chi connectivity index (χ0) is 20.9. The summed E-state index contributed by atoms with van der Waals surface area (Å²) in [6.45, 7) is 2.29. The molecule has 3 aromatic carbocycles. The molecule has 0 fully saturated rings. The first-order valence-corrected chi connectivity index (χ1v) is 13.9. The van der Waals surface area contributed by atoms with Gasteiger partial charge in [-0.25, -0.2) is 0 Å². The van der Waals surface area contributed by atoms with E-state index in [1.54, 1.807) is 0 Å². The Labute approximate surface area is 201 Å². The molecule has 0 amide bonds. The summed E-state index contributed by atoms with van der Waals surface area (Å²) in [5.74, 6) is 0. The number of rotatable bonds is 13. The molecule has 0 atom stereocenters. The van der Waals surface area contributed by atoms with Crippen molar-refractivity contribution in [3.05, 3.63) is 91.0 Å². The standard InChI is InChI=1S/C29H38P.BrH/c1-2-3-4-5-6-7-8-9-19-26-30(27-20-13-10-14-21-27,28-22-15-11-16-23-28)29-24-17-12-18-25-29;/h10-18,20-25H,2-9,19,26H2,1H3;1H/q+1;/p-1. The van der Waals surface area contributed by atoms with Gasteiger partial charge in [-0.15, -0.1) is 0 Å². The number of hydrogen-bond acceptors (Lipinski definition) is 0. The molecule has 0 aromatic heterocycles. The molecule has 0 nitrogen and oxygen atoms in total. The van der Waals surface area contributed by atoms with Crippen LogP contribution in [-0.2, 0) is 0 Å². The SMILES string of the molecule is CCCCCCCCCCC[P+](c1ccccc1)(c1ccccc1)c1ccccc1.[Br-]. The summed E-state index contributed by atoms with van der Waals surface area (Å²) in [7, 11) is -1.62. The van der Waals surface area contributed by atoms with Crippen LogP contribution in [0.5, 0.6) is 0 Å². The summed E-state index contributed by atoms with van der Waals surface area (Å²) >= 11 is 0. The third-order valence-electron chi connectivity index (χ3n) is 6.19. The first-order chi connectivity index (χ1) is 14.9. The first-order valence-electron chi connectivity index (χ1n) is 11.9. The van der Waals surface area contributed by atoms with E-state index in [4.69, 9.17) is 0 Å². The second-order valence-corrected chi connectivity index (χ2v) is 12.0. The maximum absolute atomic E-state index is 2.36. The zero-order valence-electron chi connectivity index (χ0n) is 19.1. The van der Waals surface area contributed by atoms with Gasteiger partial charge in [0.2, 0.25) is 0 Å². The lowest BCUT2D eigenvalue weighted by molar-refractivity contribution is -0.00000609. The van der Waals surface area contributed by atoms with Crippen LogP contribution in [0.3, 0.4) is 0 Å². The van der Waals surface area contributed by atoms with Gasteiger partial charge in [0, 0.05) is 0 Å². The van der Waals surface area contributed by atoms with Crippen molar-refractivity contribution >= 4 is 23.2 Å². The molecule has 3 rings (SSSR count). The molecule has 0 aliphatic carbocycles. The summed E-state index contributed by atoms with van der Waals surface area (Å²) in [4.78, 5) is 0. The second kappa shape index (κ2) is 14.6. The van der Waals surface area contributed by atoms with Crippen LogP contribution in [0.1, 0.15) is 64.7 Å². The van der Waals surface area contributed by atoms with Crippen molar-refractivity contribution in [1.29, 1.82) is 0 Å². The molecule has 166 valence electrons. The maximum atomic E-state index is 2.36. The molecular formula is C29H38BrP. The molecule has 31 heavy (non-hydrogen) atoms. The van der Waals surface area contributed by atoms with E-state index in [2.05, 4.69) is 97.9 Å². The van der Waals surface area contributed by atoms with Crippen LogP contribution < -0.4 is 32.9 Å². The molecule has 0 N–H and O–H groups in total. The molecule has 0 heterocycles. The lowest BCUT2D eigenvalue weighted by atomic mass is 10.1. The molecule has 0 aliphatic heterocycles. The molecule has 0 unspecified atom stereocenters. The molecule has 0 radical (unpaired) electrons. The van der Waals surface area contributed by atoms with Crippen LogP contribution in [0.25, 0.3) is 0 Å². The van der Waals surface area contributed by atoms with Crippen molar-refractivity contribution in [2.24, 2.45) is 0 Å². The smallest absolute Gasteiger partial charge is 0.112 e. The Morgan fingerprint density at radius 2 is 0.774 bits per heavy atom. The normalized spacial score (nSPS) is 11.1. The highest BCUT2D eigenvalue weighted by molar-refractivity contribution is 7.95. The highest BCUT2D eigenvalue weighted by atomic mass is 79.9. The number of hydrogen-bond donors (Lipinski definition) is 0. The molecule has 0 saturated carbocycles. The summed E-state index contributed by atoms with van der Waals surface area (Å²) in [5.41, 5.74) is 0. The van der Waals surface area contributed by atoms with Crippen LogP contribution in [0, 0.1) is 0 Å². The average Bonchev–Trinajstić information content (AvgIpc) is 2.82. The van der Waals surface area contributed by atoms with Gasteiger partial charge in [-0.3, -0.25) is 0 Å². The minimum atomic E-state index is -1.62. The van der Waals surface area contributed by atoms with Gasteiger partial charge in [-0.2, -0.15) is 0 Å². The third-order valence-corrected chi connectivity index (χ3v) is 10.7. The van der Waals surface area contributed by atoms with E-state index < -0.39 is 7.26 Å². The second-order valence-electron chi connectivity index (χ2n) is 8.37. The summed E-state index contributed by atoms with van der Waals surface area (Å²) < 4.78 is 0. The fraction of sp³-hybridized carbons (Fsp3) is 0.379. The van der Waals surface area contributed by atoms with Crippen molar-refractivity contribution < 1.29 is 17.0 Å². The van der Waals surface area contributed by atoms with Crippen LogP contribution in [-0.4, -0.2) is 6.16 Å². The van der Waals surface area contributed by atoms with Gasteiger partial charge in [0.25, 0.3) is 0 Å². The van der Waals surface area contributed by atoms with Gasteiger partial charge >= 0.3 is 0 Å². The number of halogens is 1. The Morgan fingerprint density at radius 1 is 0.452 bits per heavy atom. The van der Waals surface area contributed by atoms with Crippen LogP contribution >= 0.6 is 7.26 Å². The van der Waals surface area contributed by atoms with Gasteiger partial charge < -0.3 is 17.0 Å². The zero-order valence-corrected chi connectivity index (χ0v) is 21.5. The van der Waals surface area contributed by atoms with Gasteiger partial charge in [0.1, 0.15) is 23.2 Å².